The van der Waals surface area contributed by atoms with Crippen molar-refractivity contribution in [3.63, 3.8) is 0 Å². The second-order valence-corrected chi connectivity index (χ2v) is 4.72. The minimum absolute atomic E-state index is 0.0559. The average molecular weight is 253 g/mol. The van der Waals surface area contributed by atoms with Crippen molar-refractivity contribution in [3.8, 4) is 0 Å². The summed E-state index contributed by atoms with van der Waals surface area (Å²) < 4.78 is 13.4. The van der Waals surface area contributed by atoms with E-state index in [0.717, 1.165) is 31.6 Å². The number of aromatic nitrogens is 2. The molecule has 2 heterocycles. The van der Waals surface area contributed by atoms with E-state index in [4.69, 9.17) is 0 Å². The Morgan fingerprint density at radius 3 is 2.67 bits per heavy atom. The Balaban J connectivity index is 1.94. The van der Waals surface area contributed by atoms with Crippen LogP contribution < -0.4 is 10.5 Å². The van der Waals surface area contributed by atoms with E-state index in [9.17, 15) is 9.18 Å². The predicted octanol–water partition coefficient (Wildman–Crippen LogP) is 1.98. The number of hydrogen-bond donors (Lipinski definition) is 0. The molecule has 1 aromatic heterocycles. The number of hydrogen-bond acceptors (Lipinski definition) is 3. The highest BCUT2D eigenvalue weighted by molar-refractivity contribution is 5.43. The highest BCUT2D eigenvalue weighted by Crippen LogP contribution is 2.16. The van der Waals surface area contributed by atoms with Crippen LogP contribution in [0.5, 0.6) is 0 Å². The van der Waals surface area contributed by atoms with Gasteiger partial charge in [0.15, 0.2) is 0 Å². The maximum absolute atomic E-state index is 11.9. The van der Waals surface area contributed by atoms with E-state index in [1.54, 1.807) is 12.3 Å². The van der Waals surface area contributed by atoms with E-state index in [0.29, 0.717) is 13.0 Å². The van der Waals surface area contributed by atoms with Gasteiger partial charge in [-0.1, -0.05) is 0 Å². The Kier molecular flexibility index (Phi) is 4.73. The third-order valence-corrected chi connectivity index (χ3v) is 3.33. The molecule has 1 saturated heterocycles. The van der Waals surface area contributed by atoms with Crippen LogP contribution in [0.25, 0.3) is 0 Å². The Bertz CT molecular complexity index is 426. The summed E-state index contributed by atoms with van der Waals surface area (Å²) in [7, 11) is 0. The molecule has 1 fully saturated rings. The molecule has 0 amide bonds. The topological polar surface area (TPSA) is 38.1 Å². The monoisotopic (exact) mass is 253 g/mol. The first-order valence-corrected chi connectivity index (χ1v) is 6.69. The maximum Gasteiger partial charge on any atom is 0.268 e. The van der Waals surface area contributed by atoms with Crippen molar-refractivity contribution in [1.29, 1.82) is 0 Å². The van der Waals surface area contributed by atoms with Crippen molar-refractivity contribution < 1.29 is 4.39 Å². The predicted molar refractivity (Wildman–Crippen MR) is 69.8 cm³/mol. The van der Waals surface area contributed by atoms with E-state index < -0.39 is 0 Å². The maximum atomic E-state index is 11.9. The highest BCUT2D eigenvalue weighted by atomic mass is 19.1. The summed E-state index contributed by atoms with van der Waals surface area (Å²) >= 11 is 0. The van der Waals surface area contributed by atoms with Gasteiger partial charge in [0.2, 0.25) is 0 Å². The Hall–Kier alpha value is -1.39. The van der Waals surface area contributed by atoms with Crippen LogP contribution in [-0.2, 0) is 6.54 Å². The van der Waals surface area contributed by atoms with Gasteiger partial charge in [0.25, 0.3) is 5.56 Å². The number of rotatable bonds is 6. The number of aryl methyl sites for hydroxylation is 1. The van der Waals surface area contributed by atoms with E-state index in [-0.39, 0.29) is 12.2 Å². The number of unbranched alkanes of at least 4 members (excludes halogenated alkanes) is 2. The van der Waals surface area contributed by atoms with Crippen molar-refractivity contribution in [2.24, 2.45) is 0 Å². The summed E-state index contributed by atoms with van der Waals surface area (Å²) in [5.74, 6) is 0. The summed E-state index contributed by atoms with van der Waals surface area (Å²) in [5, 5.41) is 4.19. The third kappa shape index (κ3) is 3.31. The van der Waals surface area contributed by atoms with Crippen molar-refractivity contribution in [2.75, 3.05) is 24.7 Å². The van der Waals surface area contributed by atoms with Crippen LogP contribution >= 0.6 is 0 Å². The Morgan fingerprint density at radius 2 is 2.00 bits per heavy atom. The van der Waals surface area contributed by atoms with Crippen LogP contribution in [0.15, 0.2) is 17.1 Å². The molecule has 0 aromatic carbocycles. The first-order chi connectivity index (χ1) is 8.81. The minimum atomic E-state index is -0.282. The fourth-order valence-electron chi connectivity index (χ4n) is 2.27. The lowest BCUT2D eigenvalue weighted by Crippen LogP contribution is -2.26. The second-order valence-electron chi connectivity index (χ2n) is 4.72. The molecular formula is C13H20FN3O. The van der Waals surface area contributed by atoms with Crippen LogP contribution in [-0.4, -0.2) is 29.5 Å². The standard InChI is InChI=1S/C13H20FN3O/c14-6-2-1-3-9-17-13(18)10-12(11-15-17)16-7-4-5-8-16/h10-11H,1-9H2. The molecule has 0 radical (unpaired) electrons. The van der Waals surface area contributed by atoms with Gasteiger partial charge in [0.1, 0.15) is 0 Å². The zero-order valence-electron chi connectivity index (χ0n) is 10.6. The van der Waals surface area contributed by atoms with E-state index in [2.05, 4.69) is 10.00 Å². The van der Waals surface area contributed by atoms with Crippen molar-refractivity contribution >= 4 is 5.69 Å². The highest BCUT2D eigenvalue weighted by Gasteiger charge is 2.13. The molecule has 1 aromatic rings. The molecule has 0 unspecified atom stereocenters. The second kappa shape index (κ2) is 6.52. The van der Waals surface area contributed by atoms with Gasteiger partial charge in [0.05, 0.1) is 18.6 Å². The first-order valence-electron chi connectivity index (χ1n) is 6.69. The fraction of sp³-hybridized carbons (Fsp3) is 0.692. The van der Waals surface area contributed by atoms with Gasteiger partial charge in [0, 0.05) is 25.7 Å². The molecule has 2 rings (SSSR count). The van der Waals surface area contributed by atoms with Crippen molar-refractivity contribution in [2.45, 2.75) is 38.6 Å². The minimum Gasteiger partial charge on any atom is -0.370 e. The quantitative estimate of drug-likeness (QED) is 0.728. The average Bonchev–Trinajstić information content (AvgIpc) is 2.90. The van der Waals surface area contributed by atoms with Crippen LogP contribution in [0, 0.1) is 0 Å². The molecule has 0 bridgehead atoms. The van der Waals surface area contributed by atoms with Crippen LogP contribution in [0.4, 0.5) is 10.1 Å². The summed E-state index contributed by atoms with van der Waals surface area (Å²) in [6, 6.07) is 1.66. The number of anilines is 1. The lowest BCUT2D eigenvalue weighted by molar-refractivity contribution is 0.439. The Morgan fingerprint density at radius 1 is 1.22 bits per heavy atom. The number of nitrogens with zero attached hydrogens (tertiary/aromatic N) is 3. The van der Waals surface area contributed by atoms with E-state index >= 15 is 0 Å². The zero-order chi connectivity index (χ0) is 12.8. The third-order valence-electron chi connectivity index (χ3n) is 3.33. The first kappa shape index (κ1) is 13.1. The summed E-state index contributed by atoms with van der Waals surface area (Å²) in [4.78, 5) is 14.1. The van der Waals surface area contributed by atoms with Gasteiger partial charge in [-0.25, -0.2) is 4.68 Å². The largest absolute Gasteiger partial charge is 0.370 e. The van der Waals surface area contributed by atoms with Crippen LogP contribution in [0.2, 0.25) is 0 Å². The molecule has 18 heavy (non-hydrogen) atoms. The number of alkyl halides is 1. The van der Waals surface area contributed by atoms with Gasteiger partial charge in [-0.2, -0.15) is 5.10 Å². The van der Waals surface area contributed by atoms with E-state index in [1.807, 2.05) is 0 Å². The molecule has 0 saturated carbocycles. The van der Waals surface area contributed by atoms with Gasteiger partial charge in [-0.3, -0.25) is 9.18 Å². The van der Waals surface area contributed by atoms with Gasteiger partial charge >= 0.3 is 0 Å². The molecule has 0 atom stereocenters. The zero-order valence-corrected chi connectivity index (χ0v) is 10.6. The molecule has 100 valence electrons. The summed E-state index contributed by atoms with van der Waals surface area (Å²) in [6.07, 6.45) is 6.32. The summed E-state index contributed by atoms with van der Waals surface area (Å²) in [6.45, 7) is 2.33. The molecule has 4 nitrogen and oxygen atoms in total. The molecule has 1 aliphatic heterocycles. The lowest BCUT2D eigenvalue weighted by Gasteiger charge is -2.17. The Labute approximate surface area is 106 Å². The fourth-order valence-corrected chi connectivity index (χ4v) is 2.27. The van der Waals surface area contributed by atoms with Crippen molar-refractivity contribution in [3.05, 3.63) is 22.6 Å². The van der Waals surface area contributed by atoms with Crippen LogP contribution in [0.3, 0.4) is 0 Å². The van der Waals surface area contributed by atoms with Crippen LogP contribution in [0.1, 0.15) is 32.1 Å². The van der Waals surface area contributed by atoms with E-state index in [1.165, 1.54) is 17.5 Å². The van der Waals surface area contributed by atoms with Gasteiger partial charge in [-0.05, 0) is 32.1 Å². The SMILES string of the molecule is O=c1cc(N2CCCC2)cnn1CCCCCF. The molecule has 5 heteroatoms. The smallest absolute Gasteiger partial charge is 0.268 e. The normalized spacial score (nSPS) is 15.3. The molecule has 0 spiro atoms. The number of halogens is 1. The van der Waals surface area contributed by atoms with Gasteiger partial charge < -0.3 is 4.90 Å². The molecule has 1 aliphatic rings. The van der Waals surface area contributed by atoms with Crippen molar-refractivity contribution in [1.82, 2.24) is 9.78 Å². The molecular weight excluding hydrogens is 233 g/mol. The van der Waals surface area contributed by atoms with Gasteiger partial charge in [-0.15, -0.1) is 0 Å². The molecule has 0 aliphatic carbocycles. The summed E-state index contributed by atoms with van der Waals surface area (Å²) in [5.41, 5.74) is 0.872. The lowest BCUT2D eigenvalue weighted by atomic mass is 10.2. The molecule has 0 N–H and O–H groups in total.